The van der Waals surface area contributed by atoms with Gasteiger partial charge in [-0.2, -0.15) is 4.68 Å². The van der Waals surface area contributed by atoms with Crippen LogP contribution in [0.4, 0.5) is 0 Å². The van der Waals surface area contributed by atoms with Crippen molar-refractivity contribution >= 4 is 39.1 Å². The summed E-state index contributed by atoms with van der Waals surface area (Å²) in [4.78, 5) is 14.2. The van der Waals surface area contributed by atoms with Gasteiger partial charge in [0.2, 0.25) is 11.1 Å². The molecule has 1 aliphatic heterocycles. The lowest BCUT2D eigenvalue weighted by Crippen LogP contribution is -2.42. The Balaban J connectivity index is 1.66. The Morgan fingerprint density at radius 3 is 2.73 bits per heavy atom. The second kappa shape index (κ2) is 7.93. The van der Waals surface area contributed by atoms with Gasteiger partial charge in [-0.05, 0) is 48.0 Å². The fourth-order valence-electron chi connectivity index (χ4n) is 2.88. The summed E-state index contributed by atoms with van der Waals surface area (Å²) in [5.74, 6) is 0.201. The van der Waals surface area contributed by atoms with Crippen molar-refractivity contribution < 1.29 is 13.2 Å². The van der Waals surface area contributed by atoms with Crippen LogP contribution >= 0.6 is 23.4 Å². The van der Waals surface area contributed by atoms with Gasteiger partial charge in [-0.3, -0.25) is 4.79 Å². The van der Waals surface area contributed by atoms with Gasteiger partial charge in [0.1, 0.15) is 0 Å². The Labute approximate surface area is 160 Å². The monoisotopic (exact) mass is 415 g/mol. The van der Waals surface area contributed by atoms with Gasteiger partial charge in [-0.15, -0.1) is 5.10 Å². The Bertz CT molecular complexity index is 885. The van der Waals surface area contributed by atoms with E-state index in [9.17, 15) is 13.2 Å². The molecule has 2 heterocycles. The SMILES string of the molecule is CCN(C(=O)CSc1nnnn1-c1ccc(Cl)cc1)[C@@H]1CCS(=O)(=O)C1. The summed E-state index contributed by atoms with van der Waals surface area (Å²) in [5.41, 5.74) is 0.739. The van der Waals surface area contributed by atoms with Crippen LogP contribution in [0.5, 0.6) is 0 Å². The van der Waals surface area contributed by atoms with Gasteiger partial charge >= 0.3 is 0 Å². The van der Waals surface area contributed by atoms with E-state index in [-0.39, 0.29) is 29.2 Å². The summed E-state index contributed by atoms with van der Waals surface area (Å²) >= 11 is 7.11. The van der Waals surface area contributed by atoms with Crippen LogP contribution in [0, 0.1) is 0 Å². The summed E-state index contributed by atoms with van der Waals surface area (Å²) in [6.45, 7) is 2.33. The molecule has 11 heteroatoms. The molecule has 1 aromatic heterocycles. The molecule has 140 valence electrons. The number of nitrogens with zero attached hydrogens (tertiary/aromatic N) is 5. The minimum atomic E-state index is -3.04. The quantitative estimate of drug-likeness (QED) is 0.658. The van der Waals surface area contributed by atoms with Crippen molar-refractivity contribution in [2.24, 2.45) is 0 Å². The molecule has 3 rings (SSSR count). The zero-order valence-corrected chi connectivity index (χ0v) is 16.5. The number of hydrogen-bond acceptors (Lipinski definition) is 7. The predicted octanol–water partition coefficient (Wildman–Crippen LogP) is 1.44. The lowest BCUT2D eigenvalue weighted by molar-refractivity contribution is -0.129. The molecule has 1 atom stereocenters. The highest BCUT2D eigenvalue weighted by atomic mass is 35.5. The highest BCUT2D eigenvalue weighted by Crippen LogP contribution is 2.22. The van der Waals surface area contributed by atoms with Crippen molar-refractivity contribution in [2.45, 2.75) is 24.5 Å². The lowest BCUT2D eigenvalue weighted by Gasteiger charge is -2.26. The molecule has 1 amide bonds. The van der Waals surface area contributed by atoms with Crippen molar-refractivity contribution in [1.29, 1.82) is 0 Å². The molecule has 0 radical (unpaired) electrons. The average Bonchev–Trinajstić information content (AvgIpc) is 3.21. The normalized spacial score (nSPS) is 18.8. The number of hydrogen-bond donors (Lipinski definition) is 0. The average molecular weight is 416 g/mol. The van der Waals surface area contributed by atoms with E-state index in [0.717, 1.165) is 5.69 Å². The van der Waals surface area contributed by atoms with Crippen molar-refractivity contribution in [2.75, 3.05) is 23.8 Å². The van der Waals surface area contributed by atoms with Gasteiger partial charge in [-0.1, -0.05) is 23.4 Å². The van der Waals surface area contributed by atoms with Gasteiger partial charge < -0.3 is 4.90 Å². The number of carbonyl (C=O) groups is 1. The van der Waals surface area contributed by atoms with Crippen LogP contribution in [0.1, 0.15) is 13.3 Å². The molecule has 2 aromatic rings. The maximum atomic E-state index is 12.6. The second-order valence-corrected chi connectivity index (χ2v) is 9.48. The molecular weight excluding hydrogens is 398 g/mol. The zero-order valence-electron chi connectivity index (χ0n) is 14.1. The molecule has 0 unspecified atom stereocenters. The molecule has 0 N–H and O–H groups in total. The highest BCUT2D eigenvalue weighted by Gasteiger charge is 2.33. The fourth-order valence-corrected chi connectivity index (χ4v) is 5.52. The van der Waals surface area contributed by atoms with Crippen LogP contribution in [0.25, 0.3) is 5.69 Å². The molecule has 1 aliphatic rings. The lowest BCUT2D eigenvalue weighted by atomic mass is 10.2. The van der Waals surface area contributed by atoms with Gasteiger partial charge in [0.15, 0.2) is 9.84 Å². The molecule has 0 saturated carbocycles. The minimum Gasteiger partial charge on any atom is -0.338 e. The zero-order chi connectivity index (χ0) is 18.7. The number of halogens is 1. The van der Waals surface area contributed by atoms with Crippen LogP contribution in [-0.2, 0) is 14.6 Å². The first-order valence-corrected chi connectivity index (χ1v) is 11.2. The van der Waals surface area contributed by atoms with Crippen LogP contribution < -0.4 is 0 Å². The molecule has 1 aromatic carbocycles. The number of aromatic nitrogens is 4. The Hall–Kier alpha value is -1.65. The number of thioether (sulfide) groups is 1. The number of tetrazole rings is 1. The number of amides is 1. The summed E-state index contributed by atoms with van der Waals surface area (Å²) in [7, 11) is -3.04. The van der Waals surface area contributed by atoms with Crippen molar-refractivity contribution in [3.63, 3.8) is 0 Å². The molecule has 0 bridgehead atoms. The summed E-state index contributed by atoms with van der Waals surface area (Å²) < 4.78 is 24.9. The van der Waals surface area contributed by atoms with E-state index < -0.39 is 9.84 Å². The largest absolute Gasteiger partial charge is 0.338 e. The number of rotatable bonds is 6. The van der Waals surface area contributed by atoms with E-state index in [1.54, 1.807) is 29.2 Å². The van der Waals surface area contributed by atoms with E-state index in [4.69, 9.17) is 11.6 Å². The first kappa shape index (κ1) is 19.1. The first-order chi connectivity index (χ1) is 12.4. The third-order valence-electron chi connectivity index (χ3n) is 4.15. The van der Waals surface area contributed by atoms with Crippen LogP contribution in [0.3, 0.4) is 0 Å². The van der Waals surface area contributed by atoms with E-state index in [0.29, 0.717) is 23.1 Å². The van der Waals surface area contributed by atoms with Crippen molar-refractivity contribution in [3.8, 4) is 5.69 Å². The maximum absolute atomic E-state index is 12.6. The summed E-state index contributed by atoms with van der Waals surface area (Å²) in [6.07, 6.45) is 0.495. The topological polar surface area (TPSA) is 98.1 Å². The van der Waals surface area contributed by atoms with E-state index >= 15 is 0 Å². The maximum Gasteiger partial charge on any atom is 0.233 e. The number of sulfone groups is 1. The standard InChI is InChI=1S/C15H18ClN5O3S2/c1-2-20(13-7-8-26(23,24)10-13)14(22)9-25-15-17-18-19-21(15)12-5-3-11(16)4-6-12/h3-6,13H,2,7-10H2,1H3/t13-/m1/s1. The van der Waals surface area contributed by atoms with Crippen molar-refractivity contribution in [3.05, 3.63) is 29.3 Å². The van der Waals surface area contributed by atoms with E-state index in [2.05, 4.69) is 15.5 Å². The summed E-state index contributed by atoms with van der Waals surface area (Å²) in [5, 5.41) is 12.7. The molecule has 26 heavy (non-hydrogen) atoms. The molecule has 1 saturated heterocycles. The number of carbonyl (C=O) groups excluding carboxylic acids is 1. The van der Waals surface area contributed by atoms with E-state index in [1.165, 1.54) is 16.4 Å². The second-order valence-electron chi connectivity index (χ2n) is 5.87. The smallest absolute Gasteiger partial charge is 0.233 e. The van der Waals surface area contributed by atoms with E-state index in [1.807, 2.05) is 6.92 Å². The van der Waals surface area contributed by atoms with Gasteiger partial charge in [0.25, 0.3) is 0 Å². The fraction of sp³-hybridized carbons (Fsp3) is 0.467. The molecule has 1 fully saturated rings. The van der Waals surface area contributed by atoms with Crippen LogP contribution in [0.15, 0.2) is 29.4 Å². The molecule has 0 aliphatic carbocycles. The molecule has 0 spiro atoms. The predicted molar refractivity (Wildman–Crippen MR) is 99.3 cm³/mol. The third-order valence-corrected chi connectivity index (χ3v) is 7.05. The summed E-state index contributed by atoms with van der Waals surface area (Å²) in [6, 6.07) is 6.79. The molecular formula is C15H18ClN5O3S2. The highest BCUT2D eigenvalue weighted by molar-refractivity contribution is 7.99. The third kappa shape index (κ3) is 4.36. The number of benzene rings is 1. The Morgan fingerprint density at radius 2 is 2.12 bits per heavy atom. The van der Waals surface area contributed by atoms with Gasteiger partial charge in [-0.25, -0.2) is 8.42 Å². The van der Waals surface area contributed by atoms with Gasteiger partial charge in [0.05, 0.1) is 22.9 Å². The van der Waals surface area contributed by atoms with Crippen LogP contribution in [-0.4, -0.2) is 69.3 Å². The Kier molecular flexibility index (Phi) is 5.83. The van der Waals surface area contributed by atoms with Crippen LogP contribution in [0.2, 0.25) is 5.02 Å². The minimum absolute atomic E-state index is 0.0414. The molecule has 8 nitrogen and oxygen atoms in total. The Morgan fingerprint density at radius 1 is 1.38 bits per heavy atom. The first-order valence-electron chi connectivity index (χ1n) is 8.06. The van der Waals surface area contributed by atoms with Gasteiger partial charge in [0, 0.05) is 17.6 Å². The van der Waals surface area contributed by atoms with Crippen molar-refractivity contribution in [1.82, 2.24) is 25.1 Å².